The first-order chi connectivity index (χ1) is 13.7. The normalized spacial score (nSPS) is 36.8. The van der Waals surface area contributed by atoms with Crippen LogP contribution in [0.5, 0.6) is 0 Å². The molecule has 0 unspecified atom stereocenters. The zero-order valence-corrected chi connectivity index (χ0v) is 17.2. The van der Waals surface area contributed by atoms with Crippen molar-refractivity contribution in [3.63, 3.8) is 0 Å². The maximum Gasteiger partial charge on any atom is 0.225 e. The quantitative estimate of drug-likeness (QED) is 0.826. The number of piperidine rings is 1. The lowest BCUT2D eigenvalue weighted by Gasteiger charge is -2.57. The van der Waals surface area contributed by atoms with E-state index in [0.29, 0.717) is 5.91 Å². The third-order valence-corrected chi connectivity index (χ3v) is 8.87. The van der Waals surface area contributed by atoms with Gasteiger partial charge in [0.2, 0.25) is 5.91 Å². The summed E-state index contributed by atoms with van der Waals surface area (Å²) in [5.41, 5.74) is 1.20. The molecule has 1 amide bonds. The molecular formula is C23H29N3OS. The minimum absolute atomic E-state index is 0.105. The third-order valence-electron chi connectivity index (χ3n) is 7.77. The number of anilines is 1. The molecule has 1 atom stereocenters. The second-order valence-electron chi connectivity index (χ2n) is 9.94. The minimum atomic E-state index is 0.105. The molecule has 1 saturated heterocycles. The van der Waals surface area contributed by atoms with Crippen molar-refractivity contribution in [2.75, 3.05) is 18.0 Å². The van der Waals surface area contributed by atoms with E-state index in [1.807, 2.05) is 6.07 Å². The van der Waals surface area contributed by atoms with Crippen LogP contribution in [-0.4, -0.2) is 29.5 Å². The first kappa shape index (κ1) is 17.3. The fourth-order valence-electron chi connectivity index (χ4n) is 6.99. The zero-order valence-electron chi connectivity index (χ0n) is 16.4. The maximum absolute atomic E-state index is 13.3. The summed E-state index contributed by atoms with van der Waals surface area (Å²) in [5.74, 6) is 3.04. The van der Waals surface area contributed by atoms with E-state index < -0.39 is 0 Å². The number of rotatable bonds is 3. The van der Waals surface area contributed by atoms with Gasteiger partial charge in [-0.15, -0.1) is 0 Å². The van der Waals surface area contributed by atoms with E-state index in [2.05, 4.69) is 28.4 Å². The number of fused-ring (bicyclic) bond motifs is 1. The molecule has 5 heteroatoms. The van der Waals surface area contributed by atoms with Gasteiger partial charge in [-0.3, -0.25) is 4.79 Å². The molecule has 2 heterocycles. The number of hydrogen-bond donors (Lipinski definition) is 1. The van der Waals surface area contributed by atoms with Gasteiger partial charge in [0.25, 0.3) is 0 Å². The van der Waals surface area contributed by atoms with E-state index >= 15 is 0 Å². The van der Waals surface area contributed by atoms with Gasteiger partial charge >= 0.3 is 0 Å². The summed E-state index contributed by atoms with van der Waals surface area (Å²) in [5, 5.41) is 4.69. The smallest absolute Gasteiger partial charge is 0.225 e. The lowest BCUT2D eigenvalue weighted by molar-refractivity contribution is -0.131. The fraction of sp³-hybridized carbons (Fsp3) is 0.652. The van der Waals surface area contributed by atoms with Crippen LogP contribution in [0.25, 0.3) is 10.2 Å². The Kier molecular flexibility index (Phi) is 3.97. The van der Waals surface area contributed by atoms with Crippen LogP contribution in [0.2, 0.25) is 0 Å². The molecule has 0 spiro atoms. The van der Waals surface area contributed by atoms with Gasteiger partial charge in [0.1, 0.15) is 0 Å². The van der Waals surface area contributed by atoms with Crippen LogP contribution >= 0.6 is 11.3 Å². The topological polar surface area (TPSA) is 45.2 Å². The molecule has 4 bridgehead atoms. The van der Waals surface area contributed by atoms with E-state index in [0.717, 1.165) is 54.3 Å². The molecule has 4 saturated carbocycles. The van der Waals surface area contributed by atoms with Crippen LogP contribution in [-0.2, 0) is 4.79 Å². The summed E-state index contributed by atoms with van der Waals surface area (Å²) in [6.07, 6.45) is 10.1. The van der Waals surface area contributed by atoms with E-state index in [-0.39, 0.29) is 11.5 Å². The molecule has 5 aliphatic rings. The molecule has 2 aromatic rings. The highest BCUT2D eigenvalue weighted by Gasteiger charge is 2.52. The number of carbonyl (C=O) groups excluding carboxylic acids is 1. The standard InChI is InChI=1S/C23H29N3OS/c27-21(25-23-11-15-8-16(12-23)10-17(9-15)13-23)18-4-3-7-26(14-18)22-24-19-5-1-2-6-20(19)28-22/h1-2,5-6,15-18H,3-4,7-14H2,(H,25,27)/t15?,16?,17?,18-,23?/m0/s1. The van der Waals surface area contributed by atoms with E-state index in [9.17, 15) is 4.79 Å². The summed E-state index contributed by atoms with van der Waals surface area (Å²) < 4.78 is 1.23. The first-order valence-electron chi connectivity index (χ1n) is 11.1. The minimum Gasteiger partial charge on any atom is -0.350 e. The Balaban J connectivity index is 1.17. The van der Waals surface area contributed by atoms with Crippen LogP contribution in [0.3, 0.4) is 0 Å². The summed E-state index contributed by atoms with van der Waals surface area (Å²) in [7, 11) is 0. The van der Waals surface area contributed by atoms with Gasteiger partial charge in [-0.1, -0.05) is 23.5 Å². The highest BCUT2D eigenvalue weighted by molar-refractivity contribution is 7.22. The second-order valence-corrected chi connectivity index (χ2v) is 10.9. The van der Waals surface area contributed by atoms with Crippen LogP contribution in [0.4, 0.5) is 5.13 Å². The average Bonchev–Trinajstić information content (AvgIpc) is 3.11. The number of carbonyl (C=O) groups is 1. The van der Waals surface area contributed by atoms with Gasteiger partial charge < -0.3 is 10.2 Å². The van der Waals surface area contributed by atoms with Crippen molar-refractivity contribution in [2.24, 2.45) is 23.7 Å². The second kappa shape index (κ2) is 6.45. The summed E-state index contributed by atoms with van der Waals surface area (Å²) >= 11 is 1.76. The zero-order chi connectivity index (χ0) is 18.7. The third kappa shape index (κ3) is 2.94. The van der Waals surface area contributed by atoms with Crippen LogP contribution in [0.15, 0.2) is 24.3 Å². The Bertz CT molecular complexity index is 838. The van der Waals surface area contributed by atoms with Crippen LogP contribution in [0, 0.1) is 23.7 Å². The lowest BCUT2D eigenvalue weighted by atomic mass is 9.53. The van der Waals surface area contributed by atoms with Crippen molar-refractivity contribution in [3.05, 3.63) is 24.3 Å². The summed E-state index contributed by atoms with van der Waals surface area (Å²) in [4.78, 5) is 20.4. The molecule has 148 valence electrons. The Morgan fingerprint density at radius 3 is 2.54 bits per heavy atom. The molecule has 0 radical (unpaired) electrons. The van der Waals surface area contributed by atoms with Gasteiger partial charge in [-0.25, -0.2) is 4.98 Å². The number of aromatic nitrogens is 1. The van der Waals surface area contributed by atoms with E-state index in [4.69, 9.17) is 4.98 Å². The predicted octanol–water partition coefficient (Wildman–Crippen LogP) is 4.60. The van der Waals surface area contributed by atoms with Crippen LogP contribution in [0.1, 0.15) is 51.4 Å². The summed E-state index contributed by atoms with van der Waals surface area (Å²) in [6.45, 7) is 1.83. The molecule has 1 aromatic heterocycles. The number of benzene rings is 1. The Hall–Kier alpha value is -1.62. The molecular weight excluding hydrogens is 366 g/mol. The van der Waals surface area contributed by atoms with Gasteiger partial charge in [-0.2, -0.15) is 0 Å². The summed E-state index contributed by atoms with van der Waals surface area (Å²) in [6, 6.07) is 8.33. The molecule has 1 N–H and O–H groups in total. The number of hydrogen-bond acceptors (Lipinski definition) is 4. The van der Waals surface area contributed by atoms with Crippen LogP contribution < -0.4 is 10.2 Å². The number of amides is 1. The molecule has 4 aliphatic carbocycles. The Morgan fingerprint density at radius 2 is 1.82 bits per heavy atom. The molecule has 4 nitrogen and oxygen atoms in total. The van der Waals surface area contributed by atoms with Gasteiger partial charge in [0.15, 0.2) is 5.13 Å². The monoisotopic (exact) mass is 395 g/mol. The van der Waals surface area contributed by atoms with Crippen molar-refractivity contribution in [3.8, 4) is 0 Å². The number of nitrogens with zero attached hydrogens (tertiary/aromatic N) is 2. The maximum atomic E-state index is 13.3. The van der Waals surface area contributed by atoms with Crippen molar-refractivity contribution in [2.45, 2.75) is 56.9 Å². The highest BCUT2D eigenvalue weighted by Crippen LogP contribution is 2.55. The van der Waals surface area contributed by atoms with Crippen molar-refractivity contribution in [1.82, 2.24) is 10.3 Å². The number of para-hydroxylation sites is 1. The van der Waals surface area contributed by atoms with Gasteiger partial charge in [0.05, 0.1) is 16.1 Å². The highest BCUT2D eigenvalue weighted by atomic mass is 32.1. The first-order valence-corrected chi connectivity index (χ1v) is 11.9. The lowest BCUT2D eigenvalue weighted by Crippen LogP contribution is -2.61. The number of nitrogens with one attached hydrogen (secondary N) is 1. The SMILES string of the molecule is O=C(NC12CC3CC(CC(C3)C1)C2)[C@H]1CCCN(c2nc3ccccc3s2)C1. The Labute approximate surface area is 170 Å². The molecule has 1 aromatic carbocycles. The average molecular weight is 396 g/mol. The van der Waals surface area contributed by atoms with Crippen molar-refractivity contribution >= 4 is 32.6 Å². The largest absolute Gasteiger partial charge is 0.350 e. The fourth-order valence-corrected chi connectivity index (χ4v) is 7.99. The van der Waals surface area contributed by atoms with E-state index in [1.165, 1.54) is 43.2 Å². The predicted molar refractivity (Wildman–Crippen MR) is 114 cm³/mol. The molecule has 7 rings (SSSR count). The Morgan fingerprint density at radius 1 is 1.11 bits per heavy atom. The number of thiazole rings is 1. The molecule has 5 fully saturated rings. The van der Waals surface area contributed by atoms with Crippen molar-refractivity contribution in [1.29, 1.82) is 0 Å². The van der Waals surface area contributed by atoms with Crippen molar-refractivity contribution < 1.29 is 4.79 Å². The van der Waals surface area contributed by atoms with Gasteiger partial charge in [0, 0.05) is 18.6 Å². The molecule has 1 aliphatic heterocycles. The molecule has 28 heavy (non-hydrogen) atoms. The van der Waals surface area contributed by atoms with Gasteiger partial charge in [-0.05, 0) is 81.3 Å². The van der Waals surface area contributed by atoms with E-state index in [1.54, 1.807) is 11.3 Å².